The van der Waals surface area contributed by atoms with Crippen LogP contribution in [0, 0.1) is 0 Å². The highest BCUT2D eigenvalue weighted by Gasteiger charge is 2.18. The number of hydrogen-bond acceptors (Lipinski definition) is 2. The van der Waals surface area contributed by atoms with Crippen LogP contribution in [0.2, 0.25) is 0 Å². The SMILES string of the molecule is CC(O)/C=C/C(C)(O)c1ccccc1. The van der Waals surface area contributed by atoms with Gasteiger partial charge in [-0.3, -0.25) is 0 Å². The molecule has 0 heterocycles. The minimum absolute atomic E-state index is 0.537. The van der Waals surface area contributed by atoms with Gasteiger partial charge in [0.25, 0.3) is 0 Å². The molecule has 2 N–H and O–H groups in total. The molecule has 1 aromatic rings. The van der Waals surface area contributed by atoms with Crippen molar-refractivity contribution in [3.8, 4) is 0 Å². The van der Waals surface area contributed by atoms with Gasteiger partial charge in [-0.25, -0.2) is 0 Å². The van der Waals surface area contributed by atoms with Gasteiger partial charge in [-0.2, -0.15) is 0 Å². The maximum atomic E-state index is 10.0. The van der Waals surface area contributed by atoms with Crippen molar-refractivity contribution in [2.75, 3.05) is 0 Å². The Morgan fingerprint density at radius 1 is 1.29 bits per heavy atom. The number of aliphatic hydroxyl groups is 2. The highest BCUT2D eigenvalue weighted by molar-refractivity contribution is 5.26. The molecule has 2 heteroatoms. The van der Waals surface area contributed by atoms with E-state index < -0.39 is 11.7 Å². The van der Waals surface area contributed by atoms with Crippen molar-refractivity contribution in [2.45, 2.75) is 25.6 Å². The zero-order valence-corrected chi connectivity index (χ0v) is 8.51. The lowest BCUT2D eigenvalue weighted by Crippen LogP contribution is -2.18. The molecule has 0 saturated heterocycles. The molecule has 0 aliphatic carbocycles. The summed E-state index contributed by atoms with van der Waals surface area (Å²) in [6.07, 6.45) is 2.64. The number of rotatable bonds is 3. The predicted molar refractivity (Wildman–Crippen MR) is 56.8 cm³/mol. The summed E-state index contributed by atoms with van der Waals surface area (Å²) in [5.74, 6) is 0. The molecule has 0 spiro atoms. The molecule has 1 aromatic carbocycles. The standard InChI is InChI=1S/C12H16O2/c1-10(13)8-9-12(2,14)11-6-4-3-5-7-11/h3-10,13-14H,1-2H3/b9-8+. The van der Waals surface area contributed by atoms with E-state index in [2.05, 4.69) is 0 Å². The average Bonchev–Trinajstić information content (AvgIpc) is 2.16. The zero-order chi connectivity index (χ0) is 10.6. The summed E-state index contributed by atoms with van der Waals surface area (Å²) < 4.78 is 0. The van der Waals surface area contributed by atoms with Crippen LogP contribution in [-0.2, 0) is 5.60 Å². The maximum absolute atomic E-state index is 10.0. The Labute approximate surface area is 84.5 Å². The Morgan fingerprint density at radius 3 is 2.36 bits per heavy atom. The fourth-order valence-corrected chi connectivity index (χ4v) is 1.20. The van der Waals surface area contributed by atoms with E-state index >= 15 is 0 Å². The van der Waals surface area contributed by atoms with Crippen molar-refractivity contribution in [3.63, 3.8) is 0 Å². The highest BCUT2D eigenvalue weighted by Crippen LogP contribution is 2.21. The summed E-state index contributed by atoms with van der Waals surface area (Å²) in [5, 5.41) is 19.1. The van der Waals surface area contributed by atoms with Gasteiger partial charge in [-0.1, -0.05) is 42.5 Å². The van der Waals surface area contributed by atoms with E-state index in [1.54, 1.807) is 26.0 Å². The van der Waals surface area contributed by atoms with Gasteiger partial charge in [-0.15, -0.1) is 0 Å². The van der Waals surface area contributed by atoms with E-state index in [9.17, 15) is 5.11 Å². The van der Waals surface area contributed by atoms with Crippen LogP contribution in [0.1, 0.15) is 19.4 Å². The highest BCUT2D eigenvalue weighted by atomic mass is 16.3. The van der Waals surface area contributed by atoms with Crippen molar-refractivity contribution in [1.29, 1.82) is 0 Å². The largest absolute Gasteiger partial charge is 0.389 e. The Hall–Kier alpha value is -1.12. The van der Waals surface area contributed by atoms with Crippen molar-refractivity contribution >= 4 is 0 Å². The zero-order valence-electron chi connectivity index (χ0n) is 8.51. The van der Waals surface area contributed by atoms with Gasteiger partial charge in [-0.05, 0) is 19.4 Å². The smallest absolute Gasteiger partial charge is 0.105 e. The summed E-state index contributed by atoms with van der Waals surface area (Å²) in [5.41, 5.74) is -0.199. The van der Waals surface area contributed by atoms with Crippen molar-refractivity contribution < 1.29 is 10.2 Å². The lowest BCUT2D eigenvalue weighted by Gasteiger charge is -2.19. The lowest BCUT2D eigenvalue weighted by molar-refractivity contribution is 0.109. The molecule has 2 unspecified atom stereocenters. The molecule has 76 valence electrons. The van der Waals surface area contributed by atoms with Gasteiger partial charge in [0.15, 0.2) is 0 Å². The molecule has 1 rings (SSSR count). The van der Waals surface area contributed by atoms with Crippen molar-refractivity contribution in [3.05, 3.63) is 48.0 Å². The maximum Gasteiger partial charge on any atom is 0.105 e. The lowest BCUT2D eigenvalue weighted by atomic mass is 9.95. The fourth-order valence-electron chi connectivity index (χ4n) is 1.20. The summed E-state index contributed by atoms with van der Waals surface area (Å²) in [6.45, 7) is 3.35. The second-order valence-corrected chi connectivity index (χ2v) is 3.61. The van der Waals surface area contributed by atoms with Crippen molar-refractivity contribution in [1.82, 2.24) is 0 Å². The Bertz CT molecular complexity index is 299. The van der Waals surface area contributed by atoms with Gasteiger partial charge in [0.05, 0.1) is 6.10 Å². The minimum atomic E-state index is -1.02. The Kier molecular flexibility index (Phi) is 3.44. The predicted octanol–water partition coefficient (Wildman–Crippen LogP) is 1.83. The van der Waals surface area contributed by atoms with E-state index in [1.807, 2.05) is 30.3 Å². The van der Waals surface area contributed by atoms with E-state index in [1.165, 1.54) is 0 Å². The van der Waals surface area contributed by atoms with Crippen LogP contribution in [0.3, 0.4) is 0 Å². The third-order valence-corrected chi connectivity index (χ3v) is 2.06. The van der Waals surface area contributed by atoms with Crippen LogP contribution in [0.25, 0.3) is 0 Å². The summed E-state index contributed by atoms with van der Waals surface area (Å²) in [6, 6.07) is 9.36. The molecule has 0 amide bonds. The third kappa shape index (κ3) is 2.98. The molecule has 2 atom stereocenters. The molecular formula is C12H16O2. The fraction of sp³-hybridized carbons (Fsp3) is 0.333. The van der Waals surface area contributed by atoms with E-state index in [-0.39, 0.29) is 0 Å². The summed E-state index contributed by atoms with van der Waals surface area (Å²) >= 11 is 0. The molecule has 0 aliphatic rings. The summed E-state index contributed by atoms with van der Waals surface area (Å²) in [7, 11) is 0. The molecule has 0 aliphatic heterocycles. The topological polar surface area (TPSA) is 40.5 Å². The molecule has 0 radical (unpaired) electrons. The van der Waals surface area contributed by atoms with E-state index in [0.717, 1.165) is 5.56 Å². The molecule has 0 bridgehead atoms. The first-order valence-corrected chi connectivity index (χ1v) is 4.68. The molecule has 0 aromatic heterocycles. The normalized spacial score (nSPS) is 18.0. The molecular weight excluding hydrogens is 176 g/mol. The van der Waals surface area contributed by atoms with E-state index in [4.69, 9.17) is 5.11 Å². The van der Waals surface area contributed by atoms with Crippen LogP contribution in [0.4, 0.5) is 0 Å². The number of benzene rings is 1. The van der Waals surface area contributed by atoms with Gasteiger partial charge in [0.2, 0.25) is 0 Å². The summed E-state index contributed by atoms with van der Waals surface area (Å²) in [4.78, 5) is 0. The Balaban J connectivity index is 2.86. The Morgan fingerprint density at radius 2 is 1.86 bits per heavy atom. The first kappa shape index (κ1) is 11.0. The first-order chi connectivity index (χ1) is 6.52. The minimum Gasteiger partial charge on any atom is -0.389 e. The monoisotopic (exact) mass is 192 g/mol. The van der Waals surface area contributed by atoms with Crippen LogP contribution in [0.15, 0.2) is 42.5 Å². The van der Waals surface area contributed by atoms with Gasteiger partial charge >= 0.3 is 0 Å². The van der Waals surface area contributed by atoms with Crippen molar-refractivity contribution in [2.24, 2.45) is 0 Å². The van der Waals surface area contributed by atoms with Gasteiger partial charge < -0.3 is 10.2 Å². The third-order valence-electron chi connectivity index (χ3n) is 2.06. The van der Waals surface area contributed by atoms with Crippen LogP contribution in [0.5, 0.6) is 0 Å². The van der Waals surface area contributed by atoms with Gasteiger partial charge in [0.1, 0.15) is 5.60 Å². The number of aliphatic hydroxyl groups excluding tert-OH is 1. The second-order valence-electron chi connectivity index (χ2n) is 3.61. The van der Waals surface area contributed by atoms with Crippen LogP contribution >= 0.6 is 0 Å². The number of hydrogen-bond donors (Lipinski definition) is 2. The van der Waals surface area contributed by atoms with E-state index in [0.29, 0.717) is 0 Å². The quantitative estimate of drug-likeness (QED) is 0.717. The molecule has 14 heavy (non-hydrogen) atoms. The average molecular weight is 192 g/mol. The molecule has 0 saturated carbocycles. The van der Waals surface area contributed by atoms with Crippen LogP contribution in [-0.4, -0.2) is 16.3 Å². The van der Waals surface area contributed by atoms with Crippen LogP contribution < -0.4 is 0 Å². The molecule has 2 nitrogen and oxygen atoms in total. The van der Waals surface area contributed by atoms with Gasteiger partial charge in [0, 0.05) is 0 Å². The first-order valence-electron chi connectivity index (χ1n) is 4.68. The molecule has 0 fully saturated rings. The second kappa shape index (κ2) is 4.40.